The molecule has 1 atom stereocenters. The van der Waals surface area contributed by atoms with Crippen molar-refractivity contribution < 1.29 is 23.8 Å². The van der Waals surface area contributed by atoms with Crippen molar-refractivity contribution >= 4 is 33.5 Å². The van der Waals surface area contributed by atoms with Crippen LogP contribution >= 0.6 is 11.3 Å². The summed E-state index contributed by atoms with van der Waals surface area (Å²) in [6, 6.07) is 17.5. The summed E-state index contributed by atoms with van der Waals surface area (Å²) in [5.41, 5.74) is 0.978. The van der Waals surface area contributed by atoms with E-state index in [1.165, 1.54) is 0 Å². The molecule has 3 aromatic rings. The summed E-state index contributed by atoms with van der Waals surface area (Å²) in [6.07, 6.45) is 1.70. The van der Waals surface area contributed by atoms with Gasteiger partial charge in [-0.15, -0.1) is 11.3 Å². The molecule has 0 saturated carbocycles. The number of benzene rings is 2. The molecule has 0 N–H and O–H groups in total. The van der Waals surface area contributed by atoms with E-state index in [9.17, 15) is 14.9 Å². The number of nitriles is 1. The third-order valence-electron chi connectivity index (χ3n) is 6.35. The second-order valence-electron chi connectivity index (χ2n) is 10.4. The molecule has 2 heterocycles. The summed E-state index contributed by atoms with van der Waals surface area (Å²) in [5.74, 6) is 0.0355. The fraction of sp³-hybridized carbons (Fsp3) is 0.433. The Balaban J connectivity index is 1.40. The van der Waals surface area contributed by atoms with Crippen LogP contribution in [0.15, 0.2) is 48.5 Å². The Morgan fingerprint density at radius 3 is 2.45 bits per heavy atom. The number of carbonyl (C=O) groups is 2. The van der Waals surface area contributed by atoms with Crippen molar-refractivity contribution in [2.24, 2.45) is 0 Å². The van der Waals surface area contributed by atoms with Crippen LogP contribution in [0.25, 0.3) is 10.1 Å². The number of ether oxygens (including phenoxy) is 3. The number of rotatable bonds is 7. The van der Waals surface area contributed by atoms with Gasteiger partial charge < -0.3 is 19.1 Å². The Labute approximate surface area is 227 Å². The summed E-state index contributed by atoms with van der Waals surface area (Å²) in [6.45, 7) is 8.90. The molecule has 1 saturated heterocycles. The van der Waals surface area contributed by atoms with E-state index in [1.807, 2.05) is 76.2 Å². The lowest BCUT2D eigenvalue weighted by Gasteiger charge is -2.33. The second kappa shape index (κ2) is 11.9. The number of nitrogens with zero attached hydrogens (tertiary/aromatic N) is 2. The number of piperidine rings is 1. The molecule has 2 aromatic carbocycles. The summed E-state index contributed by atoms with van der Waals surface area (Å²) >= 11 is 1.63. The molecule has 38 heavy (non-hydrogen) atoms. The van der Waals surface area contributed by atoms with Crippen LogP contribution in [-0.2, 0) is 20.7 Å². The van der Waals surface area contributed by atoms with Crippen LogP contribution in [0, 0.1) is 11.3 Å². The lowest BCUT2D eigenvalue weighted by Crippen LogP contribution is -2.44. The number of esters is 1. The minimum absolute atomic E-state index is 0.0113. The zero-order valence-electron chi connectivity index (χ0n) is 22.4. The summed E-state index contributed by atoms with van der Waals surface area (Å²) < 4.78 is 18.1. The maximum atomic E-state index is 12.9. The quantitative estimate of drug-likeness (QED) is 0.324. The fourth-order valence-corrected chi connectivity index (χ4v) is 5.59. The Morgan fingerprint density at radius 2 is 1.82 bits per heavy atom. The lowest BCUT2D eigenvalue weighted by atomic mass is 9.94. The van der Waals surface area contributed by atoms with Gasteiger partial charge in [0.25, 0.3) is 0 Å². The first kappa shape index (κ1) is 27.5. The molecule has 0 bridgehead atoms. The van der Waals surface area contributed by atoms with Crippen molar-refractivity contribution in [3.63, 3.8) is 0 Å². The standard InChI is InChI=1S/C30H34N2O5S/c1-5-35-28(33)26(18-25-17-22-16-20(19-31)6-11-27(22)38-25)21-7-9-23(10-8-21)36-24-12-14-32(15-13-24)29(34)37-30(2,3)4/h6-11,16-17,24,26H,5,12-15,18H2,1-4H3. The number of hydrogen-bond acceptors (Lipinski definition) is 7. The first-order chi connectivity index (χ1) is 18.1. The van der Waals surface area contributed by atoms with Crippen LogP contribution in [-0.4, -0.2) is 48.4 Å². The Hall–Kier alpha value is -3.57. The molecular weight excluding hydrogens is 500 g/mol. The monoisotopic (exact) mass is 534 g/mol. The van der Waals surface area contributed by atoms with E-state index in [4.69, 9.17) is 14.2 Å². The highest BCUT2D eigenvalue weighted by atomic mass is 32.1. The molecule has 1 unspecified atom stereocenters. The predicted molar refractivity (Wildman–Crippen MR) is 148 cm³/mol. The average molecular weight is 535 g/mol. The molecule has 8 heteroatoms. The van der Waals surface area contributed by atoms with E-state index in [1.54, 1.807) is 16.2 Å². The number of likely N-dealkylation sites (tertiary alicyclic amines) is 1. The molecule has 200 valence electrons. The third-order valence-corrected chi connectivity index (χ3v) is 7.49. The third kappa shape index (κ3) is 7.05. The molecule has 1 aromatic heterocycles. The van der Waals surface area contributed by atoms with Crippen molar-refractivity contribution in [1.29, 1.82) is 5.26 Å². The highest BCUT2D eigenvalue weighted by Crippen LogP contribution is 2.32. The van der Waals surface area contributed by atoms with Gasteiger partial charge in [0.05, 0.1) is 24.2 Å². The fourth-order valence-electron chi connectivity index (χ4n) is 4.50. The Kier molecular flexibility index (Phi) is 8.58. The average Bonchev–Trinajstić information content (AvgIpc) is 3.29. The minimum Gasteiger partial charge on any atom is -0.490 e. The molecule has 7 nitrogen and oxygen atoms in total. The topological polar surface area (TPSA) is 88.9 Å². The molecule has 0 radical (unpaired) electrons. The van der Waals surface area contributed by atoms with Crippen molar-refractivity contribution in [3.05, 3.63) is 64.5 Å². The summed E-state index contributed by atoms with van der Waals surface area (Å²) in [5, 5.41) is 10.2. The van der Waals surface area contributed by atoms with Gasteiger partial charge in [-0.3, -0.25) is 4.79 Å². The van der Waals surface area contributed by atoms with Crippen molar-refractivity contribution in [1.82, 2.24) is 4.90 Å². The van der Waals surface area contributed by atoms with Crippen LogP contribution in [0.2, 0.25) is 0 Å². The Morgan fingerprint density at radius 1 is 1.11 bits per heavy atom. The smallest absolute Gasteiger partial charge is 0.410 e. The highest BCUT2D eigenvalue weighted by molar-refractivity contribution is 7.19. The highest BCUT2D eigenvalue weighted by Gasteiger charge is 2.28. The molecule has 1 aliphatic rings. The van der Waals surface area contributed by atoms with Gasteiger partial charge in [0.2, 0.25) is 0 Å². The maximum Gasteiger partial charge on any atom is 0.410 e. The van der Waals surface area contributed by atoms with E-state index in [0.717, 1.165) is 39.1 Å². The zero-order chi connectivity index (χ0) is 27.3. The molecule has 0 aliphatic carbocycles. The Bertz CT molecular complexity index is 1310. The van der Waals surface area contributed by atoms with Crippen molar-refractivity contribution in [2.45, 2.75) is 64.6 Å². The predicted octanol–water partition coefficient (Wildman–Crippen LogP) is 6.44. The molecule has 0 spiro atoms. The van der Waals surface area contributed by atoms with Crippen LogP contribution in [0.3, 0.4) is 0 Å². The van der Waals surface area contributed by atoms with Crippen LogP contribution in [0.5, 0.6) is 5.75 Å². The van der Waals surface area contributed by atoms with Crippen molar-refractivity contribution in [3.8, 4) is 11.8 Å². The van der Waals surface area contributed by atoms with Crippen molar-refractivity contribution in [2.75, 3.05) is 19.7 Å². The van der Waals surface area contributed by atoms with Gasteiger partial charge in [-0.05, 0) is 81.5 Å². The number of fused-ring (bicyclic) bond motifs is 1. The maximum absolute atomic E-state index is 12.9. The summed E-state index contributed by atoms with van der Waals surface area (Å²) in [4.78, 5) is 28.0. The molecular formula is C30H34N2O5S. The second-order valence-corrected chi connectivity index (χ2v) is 11.6. The van der Waals surface area contributed by atoms with E-state index in [2.05, 4.69) is 6.07 Å². The number of thiophene rings is 1. The molecule has 1 fully saturated rings. The van der Waals surface area contributed by atoms with Gasteiger partial charge in [-0.1, -0.05) is 12.1 Å². The summed E-state index contributed by atoms with van der Waals surface area (Å²) in [7, 11) is 0. The van der Waals surface area contributed by atoms with Gasteiger partial charge in [0, 0.05) is 35.5 Å². The van der Waals surface area contributed by atoms with Crippen LogP contribution in [0.1, 0.15) is 62.5 Å². The number of hydrogen-bond donors (Lipinski definition) is 0. The normalized spacial score (nSPS) is 15.1. The zero-order valence-corrected chi connectivity index (χ0v) is 23.2. The van der Waals surface area contributed by atoms with Gasteiger partial charge in [-0.2, -0.15) is 5.26 Å². The van der Waals surface area contributed by atoms with Crippen LogP contribution < -0.4 is 4.74 Å². The van der Waals surface area contributed by atoms with Gasteiger partial charge in [0.15, 0.2) is 0 Å². The molecule has 1 amide bonds. The molecule has 1 aliphatic heterocycles. The van der Waals surface area contributed by atoms with E-state index >= 15 is 0 Å². The first-order valence-corrected chi connectivity index (χ1v) is 13.8. The van der Waals surface area contributed by atoms with E-state index in [0.29, 0.717) is 31.7 Å². The lowest BCUT2D eigenvalue weighted by molar-refractivity contribution is -0.144. The molecule has 4 rings (SSSR count). The SMILES string of the molecule is CCOC(=O)C(Cc1cc2cc(C#N)ccc2s1)c1ccc(OC2CCN(C(=O)OC(C)(C)C)CC2)cc1. The number of carbonyl (C=O) groups excluding carboxylic acids is 2. The number of amides is 1. The van der Waals surface area contributed by atoms with Gasteiger partial charge >= 0.3 is 12.1 Å². The first-order valence-electron chi connectivity index (χ1n) is 13.0. The van der Waals surface area contributed by atoms with Crippen LogP contribution in [0.4, 0.5) is 4.79 Å². The largest absolute Gasteiger partial charge is 0.490 e. The van der Waals surface area contributed by atoms with E-state index in [-0.39, 0.29) is 18.2 Å². The minimum atomic E-state index is -0.508. The van der Waals surface area contributed by atoms with Gasteiger partial charge in [0.1, 0.15) is 17.5 Å². The van der Waals surface area contributed by atoms with Gasteiger partial charge in [-0.25, -0.2) is 4.79 Å². The van der Waals surface area contributed by atoms with E-state index < -0.39 is 11.5 Å².